The van der Waals surface area contributed by atoms with Crippen molar-refractivity contribution in [3.8, 4) is 0 Å². The van der Waals surface area contributed by atoms with E-state index >= 15 is 0 Å². The van der Waals surface area contributed by atoms with Crippen molar-refractivity contribution in [1.29, 1.82) is 0 Å². The highest BCUT2D eigenvalue weighted by Gasteiger charge is 2.46. The number of nitrogens with zero attached hydrogens (tertiary/aromatic N) is 4. The number of aliphatic carboxylic acids is 1. The van der Waals surface area contributed by atoms with Gasteiger partial charge in [0.1, 0.15) is 0 Å². The lowest BCUT2D eigenvalue weighted by Gasteiger charge is -2.43. The number of likely N-dealkylation sites (N-methyl/N-ethyl adjacent to an activating group) is 1. The van der Waals surface area contributed by atoms with E-state index in [-0.39, 0.29) is 12.3 Å². The summed E-state index contributed by atoms with van der Waals surface area (Å²) in [5, 5.41) is 16.0. The number of hydrogen-bond donors (Lipinski definition) is 2. The predicted molar refractivity (Wildman–Crippen MR) is 123 cm³/mol. The quantitative estimate of drug-likeness (QED) is 0.519. The van der Waals surface area contributed by atoms with Gasteiger partial charge in [0.2, 0.25) is 5.78 Å². The summed E-state index contributed by atoms with van der Waals surface area (Å²) < 4.78 is 0. The van der Waals surface area contributed by atoms with Crippen LogP contribution in [0.3, 0.4) is 0 Å². The fraction of sp³-hybridized carbons (Fsp3) is 0.375. The summed E-state index contributed by atoms with van der Waals surface area (Å²) >= 11 is 0. The van der Waals surface area contributed by atoms with Crippen LogP contribution in [0.15, 0.2) is 53.6 Å². The molecule has 0 saturated carbocycles. The molecule has 2 heterocycles. The maximum Gasteiger partial charge on any atom is 0.317 e. The minimum atomic E-state index is -1.53. The highest BCUT2D eigenvalue weighted by molar-refractivity contribution is 6.04. The normalized spacial score (nSPS) is 22.1. The number of ketones is 1. The molecule has 32 heavy (non-hydrogen) atoms. The van der Waals surface area contributed by atoms with Gasteiger partial charge in [0.05, 0.1) is 12.8 Å². The molecular formula is C24H29N5O3. The van der Waals surface area contributed by atoms with E-state index in [1.54, 1.807) is 23.2 Å². The van der Waals surface area contributed by atoms with Crippen molar-refractivity contribution in [3.63, 3.8) is 0 Å². The summed E-state index contributed by atoms with van der Waals surface area (Å²) in [5.41, 5.74) is 8.16. The van der Waals surface area contributed by atoms with Crippen LogP contribution >= 0.6 is 0 Å². The van der Waals surface area contributed by atoms with Gasteiger partial charge in [0.25, 0.3) is 0 Å². The number of hydrogen-bond acceptors (Lipinski definition) is 7. The summed E-state index contributed by atoms with van der Waals surface area (Å²) in [6.07, 6.45) is 2.45. The molecule has 1 fully saturated rings. The molecule has 0 spiro atoms. The second kappa shape index (κ2) is 9.20. The smallest absolute Gasteiger partial charge is 0.317 e. The zero-order chi connectivity index (χ0) is 22.7. The van der Waals surface area contributed by atoms with Gasteiger partial charge in [0, 0.05) is 38.3 Å². The molecule has 0 bridgehead atoms. The molecule has 1 atom stereocenters. The average Bonchev–Trinajstić information content (AvgIpc) is 2.80. The van der Waals surface area contributed by atoms with Crippen molar-refractivity contribution in [2.75, 3.05) is 46.3 Å². The second-order valence-corrected chi connectivity index (χ2v) is 8.44. The van der Waals surface area contributed by atoms with Crippen molar-refractivity contribution in [3.05, 3.63) is 70.8 Å². The average molecular weight is 436 g/mol. The molecule has 2 aromatic carbocycles. The van der Waals surface area contributed by atoms with Crippen LogP contribution in [0.25, 0.3) is 0 Å². The van der Waals surface area contributed by atoms with Crippen LogP contribution in [0, 0.1) is 0 Å². The number of carbonyl (C=O) groups excluding carboxylic acids is 1. The third-order valence-corrected chi connectivity index (χ3v) is 6.27. The monoisotopic (exact) mass is 435 g/mol. The standard InChI is InChI=1S/C24H29N5O3/c1-27-12-14-29(15-13-27)26-16-18-6-8-20(9-7-18)23(32)24(25)21-5-3-2-4-19(21)10-11-28(24)17-22(30)31/h2-9,16H,10-15,17,25H2,1H3,(H,30,31). The van der Waals surface area contributed by atoms with Crippen molar-refractivity contribution in [2.24, 2.45) is 10.8 Å². The third kappa shape index (κ3) is 4.43. The summed E-state index contributed by atoms with van der Waals surface area (Å²) in [5.74, 6) is -1.32. The molecule has 2 aliphatic heterocycles. The van der Waals surface area contributed by atoms with Crippen LogP contribution in [0.1, 0.15) is 27.0 Å². The van der Waals surface area contributed by atoms with Crippen LogP contribution in [-0.4, -0.2) is 84.2 Å². The van der Waals surface area contributed by atoms with Gasteiger partial charge >= 0.3 is 5.97 Å². The third-order valence-electron chi connectivity index (χ3n) is 6.27. The Morgan fingerprint density at radius 2 is 1.75 bits per heavy atom. The first-order valence-corrected chi connectivity index (χ1v) is 10.8. The number of benzene rings is 2. The van der Waals surface area contributed by atoms with Crippen molar-refractivity contribution in [2.45, 2.75) is 12.1 Å². The summed E-state index contributed by atoms with van der Waals surface area (Å²) in [6, 6.07) is 14.6. The van der Waals surface area contributed by atoms with Gasteiger partial charge in [0.15, 0.2) is 5.66 Å². The zero-order valence-corrected chi connectivity index (χ0v) is 18.3. The van der Waals surface area contributed by atoms with E-state index in [0.29, 0.717) is 24.1 Å². The number of fused-ring (bicyclic) bond motifs is 1. The molecule has 2 aromatic rings. The maximum atomic E-state index is 13.6. The largest absolute Gasteiger partial charge is 0.480 e. The number of carboxylic acid groups (broad SMARTS) is 1. The summed E-state index contributed by atoms with van der Waals surface area (Å²) in [7, 11) is 2.10. The van der Waals surface area contributed by atoms with Crippen LogP contribution < -0.4 is 5.73 Å². The predicted octanol–water partition coefficient (Wildman–Crippen LogP) is 1.21. The minimum absolute atomic E-state index is 0.299. The number of Topliss-reactive ketones (excluding diaryl/α,β-unsaturated/α-hetero) is 1. The Hall–Kier alpha value is -3.07. The Balaban J connectivity index is 1.57. The molecule has 8 heteroatoms. The number of carboxylic acids is 1. The van der Waals surface area contributed by atoms with E-state index < -0.39 is 11.6 Å². The molecule has 0 aliphatic carbocycles. The number of carbonyl (C=O) groups is 2. The molecule has 3 N–H and O–H groups in total. The Morgan fingerprint density at radius 1 is 1.06 bits per heavy atom. The van der Waals surface area contributed by atoms with E-state index in [1.807, 2.05) is 41.4 Å². The number of nitrogens with two attached hydrogens (primary N) is 1. The SMILES string of the molecule is CN1CCN(N=Cc2ccc(C(=O)C3(N)c4ccccc4CCN3CC(=O)O)cc2)CC1. The highest BCUT2D eigenvalue weighted by Crippen LogP contribution is 2.34. The van der Waals surface area contributed by atoms with Crippen molar-refractivity contribution >= 4 is 18.0 Å². The Morgan fingerprint density at radius 3 is 2.44 bits per heavy atom. The van der Waals surface area contributed by atoms with E-state index in [0.717, 1.165) is 37.3 Å². The van der Waals surface area contributed by atoms with Crippen LogP contribution in [0.2, 0.25) is 0 Å². The Kier molecular flexibility index (Phi) is 6.36. The van der Waals surface area contributed by atoms with Gasteiger partial charge in [-0.1, -0.05) is 48.5 Å². The molecule has 168 valence electrons. The van der Waals surface area contributed by atoms with E-state index in [9.17, 15) is 14.7 Å². The fourth-order valence-electron chi connectivity index (χ4n) is 4.35. The first-order chi connectivity index (χ1) is 15.4. The van der Waals surface area contributed by atoms with Gasteiger partial charge in [-0.3, -0.25) is 19.5 Å². The van der Waals surface area contributed by atoms with Crippen LogP contribution in [-0.2, 0) is 16.9 Å². The lowest BCUT2D eigenvalue weighted by molar-refractivity contribution is -0.139. The molecule has 4 rings (SSSR count). The summed E-state index contributed by atoms with van der Waals surface area (Å²) in [6.45, 7) is 3.85. The molecule has 1 unspecified atom stereocenters. The zero-order valence-electron chi connectivity index (χ0n) is 18.3. The number of rotatable bonds is 6. The molecule has 0 amide bonds. The van der Waals surface area contributed by atoms with Gasteiger partial charge in [-0.05, 0) is 30.2 Å². The van der Waals surface area contributed by atoms with E-state index in [2.05, 4.69) is 17.0 Å². The number of hydrazone groups is 1. The Labute approximate surface area is 187 Å². The van der Waals surface area contributed by atoms with Gasteiger partial charge < -0.3 is 15.7 Å². The molecule has 1 saturated heterocycles. The van der Waals surface area contributed by atoms with Gasteiger partial charge in [-0.15, -0.1) is 0 Å². The van der Waals surface area contributed by atoms with Gasteiger partial charge in [-0.2, -0.15) is 5.10 Å². The highest BCUT2D eigenvalue weighted by atomic mass is 16.4. The molecule has 2 aliphatic rings. The van der Waals surface area contributed by atoms with Crippen LogP contribution in [0.4, 0.5) is 0 Å². The number of piperazine rings is 1. The minimum Gasteiger partial charge on any atom is -0.480 e. The lowest BCUT2D eigenvalue weighted by atomic mass is 9.82. The molecule has 0 radical (unpaired) electrons. The molecule has 0 aromatic heterocycles. The first kappa shape index (κ1) is 22.1. The topological polar surface area (TPSA) is 102 Å². The van der Waals surface area contributed by atoms with E-state index in [1.165, 1.54) is 0 Å². The fourth-order valence-corrected chi connectivity index (χ4v) is 4.35. The summed E-state index contributed by atoms with van der Waals surface area (Å²) in [4.78, 5) is 28.9. The first-order valence-electron chi connectivity index (χ1n) is 10.8. The molecular weight excluding hydrogens is 406 g/mol. The van der Waals surface area contributed by atoms with Crippen molar-refractivity contribution < 1.29 is 14.7 Å². The van der Waals surface area contributed by atoms with Crippen molar-refractivity contribution in [1.82, 2.24) is 14.8 Å². The maximum absolute atomic E-state index is 13.6. The Bertz CT molecular complexity index is 1010. The second-order valence-electron chi connectivity index (χ2n) is 8.44. The molecule has 8 nitrogen and oxygen atoms in total. The lowest BCUT2D eigenvalue weighted by Crippen LogP contribution is -2.62. The van der Waals surface area contributed by atoms with Crippen LogP contribution in [0.5, 0.6) is 0 Å². The van der Waals surface area contributed by atoms with Gasteiger partial charge in [-0.25, -0.2) is 0 Å². The van der Waals surface area contributed by atoms with E-state index in [4.69, 9.17) is 5.73 Å².